The first-order chi connectivity index (χ1) is 27.5. The van der Waals surface area contributed by atoms with Gasteiger partial charge in [-0.2, -0.15) is 0 Å². The van der Waals surface area contributed by atoms with Gasteiger partial charge in [-0.05, 0) is 38.5 Å². The number of carbonyl (C=O) groups excluding carboxylic acids is 2. The molecule has 1 heterocycles. The summed E-state index contributed by atoms with van der Waals surface area (Å²) in [5.74, 6) is -0.927. The average Bonchev–Trinajstić information content (AvgIpc) is 3.91. The van der Waals surface area contributed by atoms with Crippen LogP contribution in [0.2, 0.25) is 0 Å². The van der Waals surface area contributed by atoms with Crippen LogP contribution in [0.4, 0.5) is 0 Å². The maximum Gasteiger partial charge on any atom is 0.306 e. The summed E-state index contributed by atoms with van der Waals surface area (Å²) in [5, 5.41) is 0. The third-order valence-corrected chi connectivity index (χ3v) is 10.8. The molecule has 0 spiro atoms. The number of hydrogen-bond donors (Lipinski definition) is 0. The largest absolute Gasteiger partial charge is 0.756 e. The Balaban J connectivity index is 2.36. The summed E-state index contributed by atoms with van der Waals surface area (Å²) in [5.41, 5.74) is 0. The molecule has 0 aromatic heterocycles. The first-order valence-corrected chi connectivity index (χ1v) is 24.0. The van der Waals surface area contributed by atoms with Crippen molar-refractivity contribution in [1.82, 2.24) is 0 Å². The van der Waals surface area contributed by atoms with Gasteiger partial charge in [-0.15, -0.1) is 0 Å². The molecule has 1 rings (SSSR count). The Morgan fingerprint density at radius 1 is 0.684 bits per heavy atom. The number of quaternary nitrogens is 1. The summed E-state index contributed by atoms with van der Waals surface area (Å²) in [4.78, 5) is 37.7. The van der Waals surface area contributed by atoms with Crippen LogP contribution in [-0.4, -0.2) is 82.2 Å². The van der Waals surface area contributed by atoms with Crippen molar-refractivity contribution in [3.05, 3.63) is 48.6 Å². The molecule has 1 aliphatic rings. The minimum atomic E-state index is -4.65. The molecule has 11 heteroatoms. The van der Waals surface area contributed by atoms with Crippen LogP contribution >= 0.6 is 7.82 Å². The summed E-state index contributed by atoms with van der Waals surface area (Å²) in [6.07, 6.45) is 41.6. The molecule has 330 valence electrons. The van der Waals surface area contributed by atoms with Gasteiger partial charge in [0, 0.05) is 12.8 Å². The summed E-state index contributed by atoms with van der Waals surface area (Å²) >= 11 is 0. The van der Waals surface area contributed by atoms with Gasteiger partial charge in [0.2, 0.25) is 0 Å². The van der Waals surface area contributed by atoms with Crippen molar-refractivity contribution < 1.29 is 46.8 Å². The van der Waals surface area contributed by atoms with E-state index in [0.717, 1.165) is 32.1 Å². The Labute approximate surface area is 348 Å². The minimum Gasteiger partial charge on any atom is -0.756 e. The van der Waals surface area contributed by atoms with Gasteiger partial charge in [0.25, 0.3) is 7.82 Å². The number of unbranched alkanes of at least 4 members (excludes halogenated alkanes) is 17. The third kappa shape index (κ3) is 35.6. The molecule has 1 aliphatic heterocycles. The van der Waals surface area contributed by atoms with Crippen LogP contribution in [0.15, 0.2) is 48.6 Å². The molecule has 0 saturated carbocycles. The van der Waals surface area contributed by atoms with Crippen LogP contribution in [-0.2, 0) is 37.4 Å². The summed E-state index contributed by atoms with van der Waals surface area (Å²) < 4.78 is 39.6. The lowest BCUT2D eigenvalue weighted by atomic mass is 10.0. The first kappa shape index (κ1) is 52.9. The second-order valence-corrected chi connectivity index (χ2v) is 17.9. The molecule has 0 aromatic carbocycles. The zero-order valence-corrected chi connectivity index (χ0v) is 37.6. The van der Waals surface area contributed by atoms with Gasteiger partial charge in [0.1, 0.15) is 25.9 Å². The molecule has 1 saturated heterocycles. The highest BCUT2D eigenvalue weighted by Crippen LogP contribution is 2.38. The molecule has 1 fully saturated rings. The topological polar surface area (TPSA) is 124 Å². The molecule has 0 bridgehead atoms. The van der Waals surface area contributed by atoms with Crippen molar-refractivity contribution >= 4 is 19.8 Å². The second-order valence-electron chi connectivity index (χ2n) is 16.5. The summed E-state index contributed by atoms with van der Waals surface area (Å²) in [7, 11) is 1.10. The van der Waals surface area contributed by atoms with Crippen LogP contribution in [0.3, 0.4) is 0 Å². The Morgan fingerprint density at radius 3 is 1.89 bits per heavy atom. The van der Waals surface area contributed by atoms with E-state index in [2.05, 4.69) is 32.1 Å². The molecule has 10 nitrogen and oxygen atoms in total. The number of allylic oxidation sites excluding steroid dienone is 7. The number of esters is 2. The van der Waals surface area contributed by atoms with Gasteiger partial charge in [-0.3, -0.25) is 14.2 Å². The van der Waals surface area contributed by atoms with E-state index in [1.807, 2.05) is 51.5 Å². The number of phosphoric ester groups is 1. The van der Waals surface area contributed by atoms with Gasteiger partial charge in [-0.25, -0.2) is 0 Å². The Bertz CT molecular complexity index is 1180. The third-order valence-electron chi connectivity index (χ3n) is 9.82. The fourth-order valence-electron chi connectivity index (χ4n) is 6.17. The number of hydrogen-bond acceptors (Lipinski definition) is 9. The molecular weight excluding hydrogens is 741 g/mol. The molecule has 4 unspecified atom stereocenters. The zero-order valence-electron chi connectivity index (χ0n) is 36.7. The molecule has 57 heavy (non-hydrogen) atoms. The van der Waals surface area contributed by atoms with E-state index in [0.29, 0.717) is 23.9 Å². The predicted octanol–water partition coefficient (Wildman–Crippen LogP) is 11.0. The van der Waals surface area contributed by atoms with E-state index in [4.69, 9.17) is 23.3 Å². The van der Waals surface area contributed by atoms with Crippen molar-refractivity contribution in [2.75, 3.05) is 47.5 Å². The Morgan fingerprint density at radius 2 is 1.26 bits per heavy atom. The summed E-state index contributed by atoms with van der Waals surface area (Å²) in [6, 6.07) is 0. The lowest BCUT2D eigenvalue weighted by Gasteiger charge is -2.28. The molecule has 0 aromatic rings. The Hall–Kier alpha value is -2.07. The highest BCUT2D eigenvalue weighted by atomic mass is 31.2. The molecule has 4 atom stereocenters. The number of rotatable bonds is 39. The zero-order chi connectivity index (χ0) is 41.9. The summed E-state index contributed by atoms with van der Waals surface area (Å²) in [6.45, 7) is 4.09. The number of carbonyl (C=O) groups is 2. The maximum atomic E-state index is 12.7. The number of phosphoric acid groups is 1. The lowest BCUT2D eigenvalue weighted by Crippen LogP contribution is -2.37. The number of epoxide rings is 1. The van der Waals surface area contributed by atoms with Gasteiger partial charge in [-0.1, -0.05) is 165 Å². The van der Waals surface area contributed by atoms with Gasteiger partial charge < -0.3 is 32.6 Å². The standard InChI is InChI=1S/C46H82NO9P/c1-6-8-10-12-14-16-18-20-21-22-24-26-28-30-32-36-45(48)52-40-42(41-54-57(50,51)53-39-38-47(3,4)5)55-46(49)37-33-35-44-43(56-44)34-31-29-27-25-23-19-17-15-13-11-9-7-2/h15,17,23,25,27,29,31,34,42-44H,6-14,16,18-22,24,26,28,30,32-33,35-41H2,1-5H3/b17-15+,25-23+,29-27-,34-31-. The average molecular weight is 824 g/mol. The van der Waals surface area contributed by atoms with Crippen molar-refractivity contribution in [1.29, 1.82) is 0 Å². The van der Waals surface area contributed by atoms with Gasteiger partial charge in [0.15, 0.2) is 6.10 Å². The van der Waals surface area contributed by atoms with E-state index in [1.165, 1.54) is 96.3 Å². The van der Waals surface area contributed by atoms with E-state index in [9.17, 15) is 19.0 Å². The fraction of sp³-hybridized carbons (Fsp3) is 0.783. The number of nitrogens with zero attached hydrogens (tertiary/aromatic N) is 1. The highest BCUT2D eigenvalue weighted by Gasteiger charge is 2.35. The van der Waals surface area contributed by atoms with Crippen LogP contribution in [0.25, 0.3) is 0 Å². The van der Waals surface area contributed by atoms with Gasteiger partial charge in [0.05, 0.1) is 33.9 Å². The van der Waals surface area contributed by atoms with E-state index < -0.39 is 32.5 Å². The van der Waals surface area contributed by atoms with Crippen LogP contribution in [0.1, 0.15) is 168 Å². The van der Waals surface area contributed by atoms with Crippen molar-refractivity contribution in [2.45, 2.75) is 186 Å². The highest BCUT2D eigenvalue weighted by molar-refractivity contribution is 7.45. The number of ether oxygens (including phenoxy) is 3. The van der Waals surface area contributed by atoms with Crippen molar-refractivity contribution in [3.8, 4) is 0 Å². The molecule has 0 N–H and O–H groups in total. The van der Waals surface area contributed by atoms with E-state index in [1.54, 1.807) is 0 Å². The molecule has 0 amide bonds. The van der Waals surface area contributed by atoms with Crippen LogP contribution in [0, 0.1) is 0 Å². The Kier molecular flexibility index (Phi) is 32.3. The van der Waals surface area contributed by atoms with Crippen molar-refractivity contribution in [3.63, 3.8) is 0 Å². The second kappa shape index (κ2) is 34.8. The molecular formula is C46H82NO9P. The minimum absolute atomic E-state index is 0.0223. The predicted molar refractivity (Wildman–Crippen MR) is 231 cm³/mol. The number of likely N-dealkylation sites (N-methyl/N-ethyl adjacent to an activating group) is 1. The smallest absolute Gasteiger partial charge is 0.306 e. The van der Waals surface area contributed by atoms with Crippen molar-refractivity contribution in [2.24, 2.45) is 0 Å². The maximum absolute atomic E-state index is 12.7. The normalized spacial score (nSPS) is 17.6. The quantitative estimate of drug-likeness (QED) is 0.0113. The SMILES string of the molecule is CCCCC/C=C/C/C=C/C=C\C=C/C1OC1CCCC(=O)OC(COC(=O)CCCCCCCCCCCCCCCCC)COP(=O)([O-])OCC[N+](C)(C)C. The van der Waals surface area contributed by atoms with E-state index >= 15 is 0 Å². The molecule has 0 aliphatic carbocycles. The van der Waals surface area contributed by atoms with Gasteiger partial charge >= 0.3 is 11.9 Å². The first-order valence-electron chi connectivity index (χ1n) is 22.5. The fourth-order valence-corrected chi connectivity index (χ4v) is 6.90. The van der Waals surface area contributed by atoms with Crippen LogP contribution in [0.5, 0.6) is 0 Å². The monoisotopic (exact) mass is 824 g/mol. The lowest BCUT2D eigenvalue weighted by molar-refractivity contribution is -0.870. The molecule has 0 radical (unpaired) electrons. The van der Waals surface area contributed by atoms with Crippen LogP contribution < -0.4 is 4.89 Å². The van der Waals surface area contributed by atoms with E-state index in [-0.39, 0.29) is 38.3 Å².